The van der Waals surface area contributed by atoms with Crippen LogP contribution in [-0.4, -0.2) is 61.0 Å². The number of carbonyl (C=O) groups excluding carboxylic acids is 1. The van der Waals surface area contributed by atoms with E-state index in [1.807, 2.05) is 0 Å². The number of carbonyl (C=O) groups is 2. The molecule has 3 aromatic rings. The maximum absolute atomic E-state index is 14.1. The summed E-state index contributed by atoms with van der Waals surface area (Å²) in [7, 11) is 0. The predicted molar refractivity (Wildman–Crippen MR) is 157 cm³/mol. The van der Waals surface area contributed by atoms with Crippen molar-refractivity contribution < 1.29 is 33.3 Å². The lowest BCUT2D eigenvalue weighted by Gasteiger charge is -2.23. The number of unbranched alkanes of at least 4 members (excludes halogenated alkanes) is 1. The van der Waals surface area contributed by atoms with Crippen LogP contribution in [0.5, 0.6) is 11.5 Å². The molecule has 8 nitrogen and oxygen atoms in total. The Labute approximate surface area is 248 Å². The summed E-state index contributed by atoms with van der Waals surface area (Å²) in [6.45, 7) is 3.28. The Kier molecular flexibility index (Phi) is 13.0. The summed E-state index contributed by atoms with van der Waals surface area (Å²) < 4.78 is 30.9. The van der Waals surface area contributed by atoms with Crippen LogP contribution in [0, 0.1) is 5.82 Å². The minimum atomic E-state index is -1.01. The van der Waals surface area contributed by atoms with Crippen LogP contribution < -0.4 is 14.8 Å². The first-order valence-electron chi connectivity index (χ1n) is 13.2. The lowest BCUT2D eigenvalue weighted by atomic mass is 10.1. The lowest BCUT2D eigenvalue weighted by molar-refractivity contribution is -0.149. The van der Waals surface area contributed by atoms with E-state index >= 15 is 0 Å². The van der Waals surface area contributed by atoms with E-state index in [1.165, 1.54) is 12.1 Å². The van der Waals surface area contributed by atoms with Crippen LogP contribution in [0.25, 0.3) is 0 Å². The summed E-state index contributed by atoms with van der Waals surface area (Å²) in [4.78, 5) is 25.9. The molecule has 11 heteroatoms. The molecule has 41 heavy (non-hydrogen) atoms. The Balaban J connectivity index is 1.53. The van der Waals surface area contributed by atoms with Crippen molar-refractivity contribution in [3.63, 3.8) is 0 Å². The maximum Gasteiger partial charge on any atom is 0.333 e. The molecule has 0 aliphatic rings. The first-order chi connectivity index (χ1) is 19.7. The van der Waals surface area contributed by atoms with E-state index in [1.54, 1.807) is 66.4 Å². The van der Waals surface area contributed by atoms with Gasteiger partial charge in [0, 0.05) is 29.6 Å². The van der Waals surface area contributed by atoms with Gasteiger partial charge in [0.1, 0.15) is 23.9 Å². The number of para-hydroxylation sites is 1. The van der Waals surface area contributed by atoms with Crippen LogP contribution in [-0.2, 0) is 16.0 Å². The van der Waals surface area contributed by atoms with Crippen LogP contribution in [0.4, 0.5) is 14.9 Å². The Morgan fingerprint density at radius 2 is 1.61 bits per heavy atom. The van der Waals surface area contributed by atoms with Crippen molar-refractivity contribution >= 4 is 40.9 Å². The highest BCUT2D eigenvalue weighted by molar-refractivity contribution is 6.34. The summed E-state index contributed by atoms with van der Waals surface area (Å²) in [6, 6.07) is 17.5. The molecular weight excluding hydrogens is 574 g/mol. The summed E-state index contributed by atoms with van der Waals surface area (Å²) in [5, 5.41) is 12.9. The quantitative estimate of drug-likeness (QED) is 0.171. The normalized spacial score (nSPS) is 11.5. The average Bonchev–Trinajstić information content (AvgIpc) is 2.93. The van der Waals surface area contributed by atoms with Gasteiger partial charge in [-0.1, -0.05) is 47.5 Å². The number of anilines is 1. The number of rotatable bonds is 16. The predicted octanol–water partition coefficient (Wildman–Crippen LogP) is 6.94. The molecule has 0 fully saturated rings. The Morgan fingerprint density at radius 1 is 0.927 bits per heavy atom. The molecule has 1 unspecified atom stereocenters. The highest BCUT2D eigenvalue weighted by Crippen LogP contribution is 2.24. The maximum atomic E-state index is 14.1. The summed E-state index contributed by atoms with van der Waals surface area (Å²) in [6.07, 6.45) is 0.594. The minimum absolute atomic E-state index is 0.0897. The molecular formula is C30H33Cl2FN2O6. The van der Waals surface area contributed by atoms with Gasteiger partial charge >= 0.3 is 12.0 Å². The third-order valence-electron chi connectivity index (χ3n) is 5.95. The number of aliphatic carboxylic acids is 1. The monoisotopic (exact) mass is 606 g/mol. The number of hydrogen-bond acceptors (Lipinski definition) is 5. The molecule has 1 atom stereocenters. The fourth-order valence-electron chi connectivity index (χ4n) is 3.91. The van der Waals surface area contributed by atoms with Gasteiger partial charge in [-0.2, -0.15) is 0 Å². The van der Waals surface area contributed by atoms with E-state index in [9.17, 15) is 19.1 Å². The van der Waals surface area contributed by atoms with Gasteiger partial charge in [-0.05, 0) is 67.8 Å². The molecule has 0 saturated carbocycles. The summed E-state index contributed by atoms with van der Waals surface area (Å²) in [5.41, 5.74) is 0.887. The van der Waals surface area contributed by atoms with Crippen molar-refractivity contribution in [3.8, 4) is 11.5 Å². The van der Waals surface area contributed by atoms with E-state index < -0.39 is 23.9 Å². The smallest absolute Gasteiger partial charge is 0.333 e. The van der Waals surface area contributed by atoms with Crippen molar-refractivity contribution in [1.82, 2.24) is 4.90 Å². The number of benzene rings is 3. The number of hydrogen-bond donors (Lipinski definition) is 2. The van der Waals surface area contributed by atoms with E-state index in [2.05, 4.69) is 5.32 Å². The first kappa shape index (κ1) is 32.0. The van der Waals surface area contributed by atoms with Gasteiger partial charge in [-0.3, -0.25) is 0 Å². The highest BCUT2D eigenvalue weighted by atomic mass is 35.5. The van der Waals surface area contributed by atoms with Gasteiger partial charge < -0.3 is 29.5 Å². The fraction of sp³-hybridized carbons (Fsp3) is 0.333. The van der Waals surface area contributed by atoms with Gasteiger partial charge in [0.05, 0.1) is 18.8 Å². The third kappa shape index (κ3) is 11.1. The average molecular weight is 608 g/mol. The molecule has 0 saturated heterocycles. The molecule has 3 rings (SSSR count). The fourth-order valence-corrected chi connectivity index (χ4v) is 4.41. The molecule has 0 spiro atoms. The van der Waals surface area contributed by atoms with Gasteiger partial charge in [0.15, 0.2) is 6.10 Å². The van der Waals surface area contributed by atoms with Crippen LogP contribution in [0.2, 0.25) is 10.0 Å². The number of halogens is 3. The van der Waals surface area contributed by atoms with E-state index in [0.29, 0.717) is 54.1 Å². The molecule has 0 heterocycles. The van der Waals surface area contributed by atoms with Crippen molar-refractivity contribution in [2.75, 3.05) is 38.2 Å². The minimum Gasteiger partial charge on any atom is -0.493 e. The number of ether oxygens (including phenoxy) is 3. The number of urea groups is 1. The summed E-state index contributed by atoms with van der Waals surface area (Å²) in [5.74, 6) is -0.408. The highest BCUT2D eigenvalue weighted by Gasteiger charge is 2.18. The standard InChI is InChI=1S/C30H33Cl2FN2O6/c1-2-39-28(29(36)37)17-21-9-11-24(12-10-21)41-16-14-35(30(38)34-27-8-4-3-7-26(27)33)13-5-6-15-40-25-19-22(31)18-23(32)20-25/h3-4,7-12,18-20,28H,2,5-6,13-17H2,1H3,(H,34,38)(H,36,37). The zero-order valence-corrected chi connectivity index (χ0v) is 24.2. The number of carboxylic acids is 1. The van der Waals surface area contributed by atoms with Crippen LogP contribution in [0.15, 0.2) is 66.7 Å². The summed E-state index contributed by atoms with van der Waals surface area (Å²) >= 11 is 12.0. The second-order valence-corrected chi connectivity index (χ2v) is 9.91. The molecule has 0 aromatic heterocycles. The van der Waals surface area contributed by atoms with Crippen LogP contribution >= 0.6 is 23.2 Å². The van der Waals surface area contributed by atoms with Crippen molar-refractivity contribution in [2.24, 2.45) is 0 Å². The number of nitrogens with one attached hydrogen (secondary N) is 1. The van der Waals surface area contributed by atoms with E-state index in [4.69, 9.17) is 37.4 Å². The van der Waals surface area contributed by atoms with Crippen LogP contribution in [0.3, 0.4) is 0 Å². The van der Waals surface area contributed by atoms with Gasteiger partial charge in [0.2, 0.25) is 0 Å². The SMILES string of the molecule is CCOC(Cc1ccc(OCCN(CCCCOc2cc(Cl)cc(Cl)c2)C(=O)Nc2ccccc2F)cc1)C(=O)O. The van der Waals surface area contributed by atoms with Gasteiger partial charge in [0.25, 0.3) is 0 Å². The molecule has 0 aliphatic carbocycles. The molecule has 3 aromatic carbocycles. The van der Waals surface area contributed by atoms with Crippen molar-refractivity contribution in [3.05, 3.63) is 88.2 Å². The Morgan fingerprint density at radius 3 is 2.27 bits per heavy atom. The number of amides is 2. The largest absolute Gasteiger partial charge is 0.493 e. The molecule has 0 aliphatic heterocycles. The third-order valence-corrected chi connectivity index (χ3v) is 6.38. The van der Waals surface area contributed by atoms with Gasteiger partial charge in [-0.15, -0.1) is 0 Å². The first-order valence-corrected chi connectivity index (χ1v) is 14.0. The second-order valence-electron chi connectivity index (χ2n) is 9.04. The lowest BCUT2D eigenvalue weighted by Crippen LogP contribution is -2.38. The topological polar surface area (TPSA) is 97.3 Å². The Bertz CT molecular complexity index is 1260. The molecule has 0 bridgehead atoms. The van der Waals surface area contributed by atoms with Crippen molar-refractivity contribution in [1.29, 1.82) is 0 Å². The molecule has 2 N–H and O–H groups in total. The number of nitrogens with zero attached hydrogens (tertiary/aromatic N) is 1. The molecule has 0 radical (unpaired) electrons. The number of carboxylic acid groups (broad SMARTS) is 1. The molecule has 220 valence electrons. The van der Waals surface area contributed by atoms with E-state index in [-0.39, 0.29) is 25.3 Å². The molecule has 2 amide bonds. The Hall–Kier alpha value is -3.53. The van der Waals surface area contributed by atoms with Gasteiger partial charge in [-0.25, -0.2) is 14.0 Å². The zero-order chi connectivity index (χ0) is 29.6. The van der Waals surface area contributed by atoms with E-state index in [0.717, 1.165) is 5.56 Å². The van der Waals surface area contributed by atoms with Crippen molar-refractivity contribution in [2.45, 2.75) is 32.3 Å². The van der Waals surface area contributed by atoms with Crippen LogP contribution in [0.1, 0.15) is 25.3 Å². The second kappa shape index (κ2) is 16.7. The zero-order valence-electron chi connectivity index (χ0n) is 22.7.